The van der Waals surface area contributed by atoms with Crippen molar-refractivity contribution in [1.82, 2.24) is 0 Å². The van der Waals surface area contributed by atoms with E-state index in [1.165, 1.54) is 5.56 Å². The van der Waals surface area contributed by atoms with Gasteiger partial charge in [0, 0.05) is 17.8 Å². The Kier molecular flexibility index (Phi) is 3.26. The molecule has 0 saturated carbocycles. The van der Waals surface area contributed by atoms with E-state index in [2.05, 4.69) is 23.1 Å². The fraction of sp³-hybridized carbons (Fsp3) is 0.188. The Labute approximate surface area is 117 Å². The van der Waals surface area contributed by atoms with Gasteiger partial charge >= 0.3 is 0 Å². The maximum atomic E-state index is 11.2. The van der Waals surface area contributed by atoms with Crippen molar-refractivity contribution in [3.05, 3.63) is 58.6 Å². The minimum atomic E-state index is 0.626. The number of hydrogen-bond acceptors (Lipinski definition) is 2. The Morgan fingerprint density at radius 3 is 2.79 bits per heavy atom. The van der Waals surface area contributed by atoms with Gasteiger partial charge in [-0.15, -0.1) is 0 Å². The maximum Gasteiger partial charge on any atom is 0.152 e. The summed E-state index contributed by atoms with van der Waals surface area (Å²) in [5, 5.41) is 0.626. The highest BCUT2D eigenvalue weighted by Gasteiger charge is 2.21. The van der Waals surface area contributed by atoms with Gasteiger partial charge in [-0.3, -0.25) is 4.79 Å². The van der Waals surface area contributed by atoms with Gasteiger partial charge in [0.05, 0.1) is 10.7 Å². The molecule has 0 N–H and O–H groups in total. The zero-order valence-electron chi connectivity index (χ0n) is 10.5. The van der Waals surface area contributed by atoms with Crippen molar-refractivity contribution in [2.45, 2.75) is 12.8 Å². The Morgan fingerprint density at radius 2 is 1.95 bits per heavy atom. The highest BCUT2D eigenvalue weighted by Crippen LogP contribution is 2.38. The molecule has 3 rings (SSSR count). The number of hydrogen-bond donors (Lipinski definition) is 0. The smallest absolute Gasteiger partial charge is 0.152 e. The molecule has 2 nitrogen and oxygen atoms in total. The molecule has 0 saturated heterocycles. The van der Waals surface area contributed by atoms with Crippen LogP contribution in [0.3, 0.4) is 0 Å². The van der Waals surface area contributed by atoms with Crippen molar-refractivity contribution >= 4 is 29.3 Å². The van der Waals surface area contributed by atoms with Crippen molar-refractivity contribution in [1.29, 1.82) is 0 Å². The van der Waals surface area contributed by atoms with Gasteiger partial charge in [0.2, 0.25) is 0 Å². The summed E-state index contributed by atoms with van der Waals surface area (Å²) in [6, 6.07) is 13.8. The lowest BCUT2D eigenvalue weighted by Gasteiger charge is -2.32. The molecule has 96 valence electrons. The van der Waals surface area contributed by atoms with Crippen molar-refractivity contribution in [2.24, 2.45) is 0 Å². The number of nitrogens with zero attached hydrogens (tertiary/aromatic N) is 1. The molecule has 0 radical (unpaired) electrons. The second-order valence-corrected chi connectivity index (χ2v) is 5.09. The molecule has 1 aliphatic rings. The second-order valence-electron chi connectivity index (χ2n) is 4.68. The highest BCUT2D eigenvalue weighted by atomic mass is 35.5. The van der Waals surface area contributed by atoms with Gasteiger partial charge in [-0.1, -0.05) is 35.9 Å². The van der Waals surface area contributed by atoms with Crippen LogP contribution in [-0.2, 0) is 6.42 Å². The average Bonchev–Trinajstić information content (AvgIpc) is 2.46. The molecule has 0 fully saturated rings. The zero-order valence-corrected chi connectivity index (χ0v) is 11.2. The third kappa shape index (κ3) is 2.13. The number of carbonyl (C=O) groups is 1. The van der Waals surface area contributed by atoms with Crippen molar-refractivity contribution in [2.75, 3.05) is 11.4 Å². The van der Waals surface area contributed by atoms with Crippen LogP contribution in [0.5, 0.6) is 0 Å². The molecule has 2 aromatic carbocycles. The highest BCUT2D eigenvalue weighted by molar-refractivity contribution is 6.34. The van der Waals surface area contributed by atoms with Crippen LogP contribution in [0, 0.1) is 0 Å². The standard InChI is InChI=1S/C16H14ClNO/c17-14-8-3-6-13(11-19)16(14)18-10-4-7-12-5-1-2-9-15(12)18/h1-3,5-6,8-9,11H,4,7,10H2. The van der Waals surface area contributed by atoms with Crippen LogP contribution < -0.4 is 4.90 Å². The summed E-state index contributed by atoms with van der Waals surface area (Å²) in [5.41, 5.74) is 3.94. The summed E-state index contributed by atoms with van der Waals surface area (Å²) in [4.78, 5) is 13.4. The summed E-state index contributed by atoms with van der Waals surface area (Å²) in [5.74, 6) is 0. The molecular weight excluding hydrogens is 258 g/mol. The molecule has 0 aliphatic carbocycles. The number of carbonyl (C=O) groups excluding carboxylic acids is 1. The van der Waals surface area contributed by atoms with Crippen molar-refractivity contribution in [3.8, 4) is 0 Å². The molecule has 0 aromatic heterocycles. The minimum Gasteiger partial charge on any atom is -0.339 e. The van der Waals surface area contributed by atoms with Gasteiger partial charge in [0.15, 0.2) is 6.29 Å². The van der Waals surface area contributed by atoms with Gasteiger partial charge in [-0.2, -0.15) is 0 Å². The van der Waals surface area contributed by atoms with Crippen LogP contribution >= 0.6 is 11.6 Å². The molecule has 1 heterocycles. The number of fused-ring (bicyclic) bond motifs is 1. The number of aldehydes is 1. The fourth-order valence-corrected chi connectivity index (χ4v) is 2.96. The van der Waals surface area contributed by atoms with Gasteiger partial charge in [-0.05, 0) is 36.6 Å². The first-order chi connectivity index (χ1) is 9.31. The number of rotatable bonds is 2. The van der Waals surface area contributed by atoms with Gasteiger partial charge in [0.1, 0.15) is 0 Å². The predicted octanol–water partition coefficient (Wildman–Crippen LogP) is 4.24. The molecule has 2 aromatic rings. The van der Waals surface area contributed by atoms with E-state index >= 15 is 0 Å². The van der Waals surface area contributed by atoms with E-state index in [1.807, 2.05) is 24.3 Å². The predicted molar refractivity (Wildman–Crippen MR) is 78.6 cm³/mol. The summed E-state index contributed by atoms with van der Waals surface area (Å²) in [6.07, 6.45) is 3.02. The van der Waals surface area contributed by atoms with E-state index < -0.39 is 0 Å². The summed E-state index contributed by atoms with van der Waals surface area (Å²) < 4.78 is 0. The Hall–Kier alpha value is -1.80. The Morgan fingerprint density at radius 1 is 1.11 bits per heavy atom. The van der Waals surface area contributed by atoms with E-state index in [-0.39, 0.29) is 0 Å². The lowest BCUT2D eigenvalue weighted by molar-refractivity contribution is 0.112. The normalized spacial score (nSPS) is 14.1. The molecule has 0 bridgehead atoms. The summed E-state index contributed by atoms with van der Waals surface area (Å²) in [6.45, 7) is 0.890. The largest absolute Gasteiger partial charge is 0.339 e. The number of para-hydroxylation sites is 2. The van der Waals surface area contributed by atoms with Crippen molar-refractivity contribution in [3.63, 3.8) is 0 Å². The first-order valence-electron chi connectivity index (χ1n) is 6.40. The van der Waals surface area contributed by atoms with E-state index in [1.54, 1.807) is 0 Å². The summed E-state index contributed by atoms with van der Waals surface area (Å²) >= 11 is 6.31. The van der Waals surface area contributed by atoms with E-state index in [0.29, 0.717) is 10.6 Å². The lowest BCUT2D eigenvalue weighted by Crippen LogP contribution is -2.25. The zero-order chi connectivity index (χ0) is 13.2. The molecular formula is C16H14ClNO. The number of benzene rings is 2. The lowest BCUT2D eigenvalue weighted by atomic mass is 10.00. The molecule has 19 heavy (non-hydrogen) atoms. The van der Waals surface area contributed by atoms with Crippen LogP contribution in [0.4, 0.5) is 11.4 Å². The van der Waals surface area contributed by atoms with Crippen LogP contribution in [0.1, 0.15) is 22.3 Å². The van der Waals surface area contributed by atoms with Crippen LogP contribution in [-0.4, -0.2) is 12.8 Å². The molecule has 0 amide bonds. The van der Waals surface area contributed by atoms with E-state index in [9.17, 15) is 4.79 Å². The van der Waals surface area contributed by atoms with Crippen molar-refractivity contribution < 1.29 is 4.79 Å². The van der Waals surface area contributed by atoms with Crippen LogP contribution in [0.2, 0.25) is 5.02 Å². The molecule has 3 heteroatoms. The minimum absolute atomic E-state index is 0.626. The number of halogens is 1. The quantitative estimate of drug-likeness (QED) is 0.762. The Bertz CT molecular complexity index is 624. The number of aryl methyl sites for hydroxylation is 1. The second kappa shape index (κ2) is 5.06. The first-order valence-corrected chi connectivity index (χ1v) is 6.78. The molecule has 1 aliphatic heterocycles. The molecule has 0 unspecified atom stereocenters. The molecule has 0 spiro atoms. The van der Waals surface area contributed by atoms with Crippen LogP contribution in [0.25, 0.3) is 0 Å². The van der Waals surface area contributed by atoms with Crippen LogP contribution in [0.15, 0.2) is 42.5 Å². The van der Waals surface area contributed by atoms with Gasteiger partial charge in [-0.25, -0.2) is 0 Å². The third-order valence-electron chi connectivity index (χ3n) is 3.53. The maximum absolute atomic E-state index is 11.2. The SMILES string of the molecule is O=Cc1cccc(Cl)c1N1CCCc2ccccc21. The Balaban J connectivity index is 2.17. The average molecular weight is 272 g/mol. The van der Waals surface area contributed by atoms with Gasteiger partial charge in [0.25, 0.3) is 0 Å². The van der Waals surface area contributed by atoms with Gasteiger partial charge < -0.3 is 4.90 Å². The van der Waals surface area contributed by atoms with E-state index in [0.717, 1.165) is 37.0 Å². The topological polar surface area (TPSA) is 20.3 Å². The first kappa shape index (κ1) is 12.2. The monoisotopic (exact) mass is 271 g/mol. The van der Waals surface area contributed by atoms with E-state index in [4.69, 9.17) is 11.6 Å². The number of anilines is 2. The fourth-order valence-electron chi connectivity index (χ4n) is 2.68. The third-order valence-corrected chi connectivity index (χ3v) is 3.83. The summed E-state index contributed by atoms with van der Waals surface area (Å²) in [7, 11) is 0. The molecule has 0 atom stereocenters.